The summed E-state index contributed by atoms with van der Waals surface area (Å²) in [6, 6.07) is 8.67. The molecule has 2 aromatic rings. The smallest absolute Gasteiger partial charge is 0.146 e. The van der Waals surface area contributed by atoms with Gasteiger partial charge in [-0.25, -0.2) is 4.39 Å². The van der Waals surface area contributed by atoms with Crippen LogP contribution in [0.15, 0.2) is 30.3 Å². The standard InChI is InChI=1S/C18H20FNO/c1-10-4-6-13(19)14(8-10)20-15-9-12(3)17-11(2)5-7-16(21)18(15)17/h4-8,12,15,20-21H,9H2,1-3H3. The maximum atomic E-state index is 14.0. The lowest BCUT2D eigenvalue weighted by Crippen LogP contribution is -2.09. The molecule has 0 aromatic heterocycles. The average molecular weight is 285 g/mol. The van der Waals surface area contributed by atoms with Crippen molar-refractivity contribution in [1.82, 2.24) is 0 Å². The molecule has 0 radical (unpaired) electrons. The number of nitrogens with one attached hydrogen (secondary N) is 1. The normalized spacial score (nSPS) is 20.4. The molecule has 2 nitrogen and oxygen atoms in total. The number of phenols is 1. The largest absolute Gasteiger partial charge is 0.508 e. The molecular formula is C18H20FNO. The third-order valence-corrected chi connectivity index (χ3v) is 4.36. The van der Waals surface area contributed by atoms with E-state index in [0.29, 0.717) is 17.4 Å². The molecule has 0 bridgehead atoms. The van der Waals surface area contributed by atoms with E-state index in [9.17, 15) is 9.50 Å². The lowest BCUT2D eigenvalue weighted by molar-refractivity contribution is 0.465. The Morgan fingerprint density at radius 3 is 2.67 bits per heavy atom. The number of anilines is 1. The summed E-state index contributed by atoms with van der Waals surface area (Å²) in [6.07, 6.45) is 0.862. The van der Waals surface area contributed by atoms with Gasteiger partial charge in [-0.05, 0) is 61.1 Å². The Labute approximate surface area is 124 Å². The van der Waals surface area contributed by atoms with Gasteiger partial charge in [-0.15, -0.1) is 0 Å². The Morgan fingerprint density at radius 2 is 1.90 bits per heavy atom. The number of aromatic hydroxyl groups is 1. The van der Waals surface area contributed by atoms with Crippen molar-refractivity contribution >= 4 is 5.69 Å². The van der Waals surface area contributed by atoms with Gasteiger partial charge in [-0.1, -0.05) is 19.1 Å². The summed E-state index contributed by atoms with van der Waals surface area (Å²) in [5, 5.41) is 13.5. The highest BCUT2D eigenvalue weighted by atomic mass is 19.1. The van der Waals surface area contributed by atoms with Gasteiger partial charge in [0.25, 0.3) is 0 Å². The molecule has 0 saturated carbocycles. The van der Waals surface area contributed by atoms with Crippen molar-refractivity contribution < 1.29 is 9.50 Å². The number of halogens is 1. The highest BCUT2D eigenvalue weighted by Gasteiger charge is 2.32. The fourth-order valence-corrected chi connectivity index (χ4v) is 3.41. The van der Waals surface area contributed by atoms with Gasteiger partial charge in [0.15, 0.2) is 0 Å². The van der Waals surface area contributed by atoms with Gasteiger partial charge >= 0.3 is 0 Å². The van der Waals surface area contributed by atoms with E-state index in [1.165, 1.54) is 17.2 Å². The van der Waals surface area contributed by atoms with Crippen LogP contribution >= 0.6 is 0 Å². The molecule has 2 N–H and O–H groups in total. The average Bonchev–Trinajstić information content (AvgIpc) is 2.76. The van der Waals surface area contributed by atoms with Crippen molar-refractivity contribution in [2.45, 2.75) is 39.2 Å². The van der Waals surface area contributed by atoms with Crippen molar-refractivity contribution in [3.8, 4) is 5.75 Å². The Morgan fingerprint density at radius 1 is 1.14 bits per heavy atom. The highest BCUT2D eigenvalue weighted by molar-refractivity contribution is 5.56. The molecule has 3 rings (SSSR count). The zero-order chi connectivity index (χ0) is 15.1. The molecule has 21 heavy (non-hydrogen) atoms. The van der Waals surface area contributed by atoms with E-state index in [0.717, 1.165) is 17.5 Å². The summed E-state index contributed by atoms with van der Waals surface area (Å²) >= 11 is 0. The number of benzene rings is 2. The molecule has 0 amide bonds. The maximum Gasteiger partial charge on any atom is 0.146 e. The van der Waals surface area contributed by atoms with Crippen LogP contribution in [-0.2, 0) is 0 Å². The van der Waals surface area contributed by atoms with Crippen molar-refractivity contribution in [1.29, 1.82) is 0 Å². The Hall–Kier alpha value is -2.03. The van der Waals surface area contributed by atoms with Crippen molar-refractivity contribution in [2.24, 2.45) is 0 Å². The van der Waals surface area contributed by atoms with Crippen LogP contribution in [0, 0.1) is 19.7 Å². The quantitative estimate of drug-likeness (QED) is 0.830. The number of hydrogen-bond donors (Lipinski definition) is 2. The molecule has 0 fully saturated rings. The predicted octanol–water partition coefficient (Wildman–Crippen LogP) is 4.81. The molecule has 1 aliphatic carbocycles. The van der Waals surface area contributed by atoms with Crippen LogP contribution in [0.1, 0.15) is 47.6 Å². The molecule has 0 spiro atoms. The van der Waals surface area contributed by atoms with Crippen LogP contribution in [0.3, 0.4) is 0 Å². The molecule has 0 saturated heterocycles. The Bertz CT molecular complexity index is 696. The molecule has 3 heteroatoms. The van der Waals surface area contributed by atoms with E-state index in [-0.39, 0.29) is 11.9 Å². The monoisotopic (exact) mass is 285 g/mol. The second-order valence-corrected chi connectivity index (χ2v) is 6.05. The zero-order valence-electron chi connectivity index (χ0n) is 12.6. The summed E-state index contributed by atoms with van der Waals surface area (Å²) in [4.78, 5) is 0. The van der Waals surface area contributed by atoms with Crippen LogP contribution < -0.4 is 5.32 Å². The first-order chi connectivity index (χ1) is 9.97. The summed E-state index contributed by atoms with van der Waals surface area (Å²) in [5.41, 5.74) is 4.81. The first-order valence-electron chi connectivity index (χ1n) is 7.32. The van der Waals surface area contributed by atoms with Crippen LogP contribution in [0.2, 0.25) is 0 Å². The molecule has 1 aliphatic rings. The highest BCUT2D eigenvalue weighted by Crippen LogP contribution is 2.47. The first kappa shape index (κ1) is 13.9. The van der Waals surface area contributed by atoms with E-state index >= 15 is 0 Å². The van der Waals surface area contributed by atoms with E-state index in [1.807, 2.05) is 19.1 Å². The lowest BCUT2D eigenvalue weighted by atomic mass is 9.97. The summed E-state index contributed by atoms with van der Waals surface area (Å²) in [6.45, 7) is 6.15. The van der Waals surface area contributed by atoms with E-state index in [2.05, 4.69) is 19.2 Å². The van der Waals surface area contributed by atoms with Gasteiger partial charge in [-0.2, -0.15) is 0 Å². The molecule has 2 atom stereocenters. The summed E-state index contributed by atoms with van der Waals surface area (Å²) in [7, 11) is 0. The van der Waals surface area contributed by atoms with Crippen molar-refractivity contribution in [3.63, 3.8) is 0 Å². The van der Waals surface area contributed by atoms with Crippen LogP contribution in [0.25, 0.3) is 0 Å². The minimum absolute atomic E-state index is 0.0498. The molecule has 0 heterocycles. The number of rotatable bonds is 2. The molecule has 110 valence electrons. The van der Waals surface area contributed by atoms with Crippen LogP contribution in [-0.4, -0.2) is 5.11 Å². The number of aryl methyl sites for hydroxylation is 2. The number of phenolic OH excluding ortho intramolecular Hbond substituents is 1. The summed E-state index contributed by atoms with van der Waals surface area (Å²) < 4.78 is 14.0. The molecule has 2 aromatic carbocycles. The fourth-order valence-electron chi connectivity index (χ4n) is 3.41. The fraction of sp³-hybridized carbons (Fsp3) is 0.333. The number of hydrogen-bond acceptors (Lipinski definition) is 2. The van der Waals surface area contributed by atoms with Gasteiger partial charge in [0.05, 0.1) is 11.7 Å². The minimum atomic E-state index is -0.256. The number of fused-ring (bicyclic) bond motifs is 1. The first-order valence-corrected chi connectivity index (χ1v) is 7.32. The van der Waals surface area contributed by atoms with Gasteiger partial charge < -0.3 is 10.4 Å². The predicted molar refractivity (Wildman–Crippen MR) is 83.4 cm³/mol. The second-order valence-electron chi connectivity index (χ2n) is 6.05. The maximum absolute atomic E-state index is 14.0. The Kier molecular flexibility index (Phi) is 3.36. The molecule has 2 unspecified atom stereocenters. The third kappa shape index (κ3) is 2.37. The Balaban J connectivity index is 2.00. The molecular weight excluding hydrogens is 265 g/mol. The van der Waals surface area contributed by atoms with Crippen LogP contribution in [0.4, 0.5) is 10.1 Å². The molecule has 0 aliphatic heterocycles. The van der Waals surface area contributed by atoms with Gasteiger partial charge in [0, 0.05) is 5.56 Å². The van der Waals surface area contributed by atoms with Gasteiger partial charge in [-0.3, -0.25) is 0 Å². The van der Waals surface area contributed by atoms with Crippen LogP contribution in [0.5, 0.6) is 5.75 Å². The topological polar surface area (TPSA) is 32.3 Å². The lowest BCUT2D eigenvalue weighted by Gasteiger charge is -2.18. The van der Waals surface area contributed by atoms with E-state index < -0.39 is 0 Å². The third-order valence-electron chi connectivity index (χ3n) is 4.36. The SMILES string of the molecule is Cc1ccc(F)c(NC2CC(C)c3c(C)ccc(O)c32)c1. The van der Waals surface area contributed by atoms with E-state index in [4.69, 9.17) is 0 Å². The van der Waals surface area contributed by atoms with Crippen molar-refractivity contribution in [3.05, 3.63) is 58.4 Å². The second kappa shape index (κ2) is 5.06. The van der Waals surface area contributed by atoms with Gasteiger partial charge in [0.2, 0.25) is 0 Å². The van der Waals surface area contributed by atoms with E-state index in [1.54, 1.807) is 12.1 Å². The van der Waals surface area contributed by atoms with Gasteiger partial charge in [0.1, 0.15) is 11.6 Å². The zero-order valence-corrected chi connectivity index (χ0v) is 12.6. The minimum Gasteiger partial charge on any atom is -0.508 e. The summed E-state index contributed by atoms with van der Waals surface area (Å²) in [5.74, 6) is 0.400. The van der Waals surface area contributed by atoms with Crippen molar-refractivity contribution in [2.75, 3.05) is 5.32 Å².